The van der Waals surface area contributed by atoms with E-state index in [1.807, 2.05) is 5.51 Å². The van der Waals surface area contributed by atoms with E-state index in [0.717, 1.165) is 19.5 Å². The van der Waals surface area contributed by atoms with Crippen LogP contribution in [0.5, 0.6) is 0 Å². The second kappa shape index (κ2) is 3.07. The number of aromatic nitrogens is 1. The minimum absolute atomic E-state index is 0.314. The topological polar surface area (TPSA) is 16.1 Å². The minimum Gasteiger partial charge on any atom is -0.292 e. The molecule has 0 fully saturated rings. The Hall–Kier alpha value is -0.410. The quantitative estimate of drug-likeness (QED) is 0.685. The van der Waals surface area contributed by atoms with E-state index in [1.54, 1.807) is 11.3 Å². The van der Waals surface area contributed by atoms with Crippen molar-refractivity contribution in [3.8, 4) is 0 Å². The van der Waals surface area contributed by atoms with Crippen LogP contribution >= 0.6 is 11.3 Å². The summed E-state index contributed by atoms with van der Waals surface area (Å²) in [5.74, 6) is 0. The van der Waals surface area contributed by atoms with Crippen LogP contribution in [-0.2, 0) is 13.0 Å². The lowest BCUT2D eigenvalue weighted by atomic mass is 9.92. The lowest BCUT2D eigenvalue weighted by Crippen LogP contribution is -2.47. The van der Waals surface area contributed by atoms with Crippen molar-refractivity contribution in [2.75, 3.05) is 6.54 Å². The minimum atomic E-state index is 0.314. The average molecular weight is 196 g/mol. The molecule has 0 spiro atoms. The van der Waals surface area contributed by atoms with Gasteiger partial charge in [0.2, 0.25) is 0 Å². The molecule has 0 bridgehead atoms. The van der Waals surface area contributed by atoms with Crippen molar-refractivity contribution in [3.05, 3.63) is 16.1 Å². The summed E-state index contributed by atoms with van der Waals surface area (Å²) in [7, 11) is 0. The first-order valence-corrected chi connectivity index (χ1v) is 5.68. The molecule has 3 heteroatoms. The van der Waals surface area contributed by atoms with Gasteiger partial charge in [0.15, 0.2) is 0 Å². The summed E-state index contributed by atoms with van der Waals surface area (Å²) >= 11 is 1.80. The fourth-order valence-electron chi connectivity index (χ4n) is 2.01. The van der Waals surface area contributed by atoms with Crippen molar-refractivity contribution < 1.29 is 0 Å². The Labute approximate surface area is 83.6 Å². The van der Waals surface area contributed by atoms with Crippen molar-refractivity contribution in [1.29, 1.82) is 0 Å². The first-order chi connectivity index (χ1) is 6.13. The van der Waals surface area contributed by atoms with Crippen molar-refractivity contribution in [2.24, 2.45) is 0 Å². The molecule has 0 unspecified atom stereocenters. The van der Waals surface area contributed by atoms with Gasteiger partial charge in [0, 0.05) is 23.4 Å². The van der Waals surface area contributed by atoms with Gasteiger partial charge in [0.25, 0.3) is 0 Å². The molecule has 13 heavy (non-hydrogen) atoms. The zero-order valence-electron chi connectivity index (χ0n) is 8.50. The van der Waals surface area contributed by atoms with Crippen LogP contribution in [0.2, 0.25) is 0 Å². The summed E-state index contributed by atoms with van der Waals surface area (Å²) in [6.45, 7) is 9.00. The molecule has 1 aromatic rings. The molecule has 72 valence electrons. The summed E-state index contributed by atoms with van der Waals surface area (Å²) in [5, 5.41) is 0. The van der Waals surface area contributed by atoms with Crippen LogP contribution in [-0.4, -0.2) is 22.0 Å². The molecule has 1 aliphatic heterocycles. The molecule has 2 heterocycles. The SMILES string of the molecule is CCN1Cc2ncsc2CC1(C)C. The van der Waals surface area contributed by atoms with Crippen LogP contribution < -0.4 is 0 Å². The summed E-state index contributed by atoms with van der Waals surface area (Å²) in [6, 6.07) is 0. The number of rotatable bonds is 1. The van der Waals surface area contributed by atoms with Crippen LogP contribution in [0.25, 0.3) is 0 Å². The lowest BCUT2D eigenvalue weighted by molar-refractivity contribution is 0.104. The Bertz CT molecular complexity index is 304. The third kappa shape index (κ3) is 1.51. The third-order valence-corrected chi connectivity index (χ3v) is 3.77. The first-order valence-electron chi connectivity index (χ1n) is 4.80. The second-order valence-electron chi connectivity index (χ2n) is 4.23. The predicted octanol–water partition coefficient (Wildman–Crippen LogP) is 2.30. The summed E-state index contributed by atoms with van der Waals surface area (Å²) < 4.78 is 0. The Morgan fingerprint density at radius 2 is 2.38 bits per heavy atom. The predicted molar refractivity (Wildman–Crippen MR) is 56.0 cm³/mol. The van der Waals surface area contributed by atoms with Gasteiger partial charge < -0.3 is 0 Å². The van der Waals surface area contributed by atoms with Gasteiger partial charge in [-0.05, 0) is 20.4 Å². The highest BCUT2D eigenvalue weighted by molar-refractivity contribution is 7.09. The van der Waals surface area contributed by atoms with Crippen LogP contribution in [0.4, 0.5) is 0 Å². The molecule has 0 aliphatic carbocycles. The van der Waals surface area contributed by atoms with Gasteiger partial charge in [-0.3, -0.25) is 4.90 Å². The molecule has 0 saturated carbocycles. The van der Waals surface area contributed by atoms with Gasteiger partial charge in [0.1, 0.15) is 0 Å². The summed E-state index contributed by atoms with van der Waals surface area (Å²) in [6.07, 6.45) is 1.15. The van der Waals surface area contributed by atoms with E-state index < -0.39 is 0 Å². The molecular formula is C10H16N2S. The van der Waals surface area contributed by atoms with Crippen molar-refractivity contribution >= 4 is 11.3 Å². The maximum atomic E-state index is 4.40. The van der Waals surface area contributed by atoms with E-state index in [4.69, 9.17) is 0 Å². The monoisotopic (exact) mass is 196 g/mol. The lowest BCUT2D eigenvalue weighted by Gasteiger charge is -2.41. The van der Waals surface area contributed by atoms with E-state index in [-0.39, 0.29) is 0 Å². The number of nitrogens with zero attached hydrogens (tertiary/aromatic N) is 2. The highest BCUT2D eigenvalue weighted by Gasteiger charge is 2.32. The van der Waals surface area contributed by atoms with Crippen LogP contribution in [0.15, 0.2) is 5.51 Å². The highest BCUT2D eigenvalue weighted by atomic mass is 32.1. The van der Waals surface area contributed by atoms with Crippen molar-refractivity contribution in [2.45, 2.75) is 39.3 Å². The van der Waals surface area contributed by atoms with Crippen LogP contribution in [0, 0.1) is 0 Å². The van der Waals surface area contributed by atoms with E-state index in [1.165, 1.54) is 10.6 Å². The number of likely N-dealkylation sites (N-methyl/N-ethyl adjacent to an activating group) is 1. The Morgan fingerprint density at radius 3 is 3.08 bits per heavy atom. The third-order valence-electron chi connectivity index (χ3n) is 2.90. The fourth-order valence-corrected chi connectivity index (χ4v) is 3.00. The van der Waals surface area contributed by atoms with Crippen molar-refractivity contribution in [1.82, 2.24) is 9.88 Å². The van der Waals surface area contributed by atoms with E-state index >= 15 is 0 Å². The molecule has 0 amide bonds. The van der Waals surface area contributed by atoms with Crippen LogP contribution in [0.3, 0.4) is 0 Å². The Morgan fingerprint density at radius 1 is 1.62 bits per heavy atom. The van der Waals surface area contributed by atoms with Crippen LogP contribution in [0.1, 0.15) is 31.3 Å². The molecule has 1 aromatic heterocycles. The highest BCUT2D eigenvalue weighted by Crippen LogP contribution is 2.31. The number of hydrogen-bond donors (Lipinski definition) is 0. The van der Waals surface area contributed by atoms with E-state index in [9.17, 15) is 0 Å². The molecule has 0 radical (unpaired) electrons. The maximum Gasteiger partial charge on any atom is 0.0798 e. The van der Waals surface area contributed by atoms with Gasteiger partial charge in [-0.25, -0.2) is 4.98 Å². The molecule has 0 atom stereocenters. The molecule has 0 N–H and O–H groups in total. The van der Waals surface area contributed by atoms with Gasteiger partial charge in [-0.2, -0.15) is 0 Å². The second-order valence-corrected chi connectivity index (χ2v) is 5.16. The van der Waals surface area contributed by atoms with Gasteiger partial charge in [0.05, 0.1) is 11.2 Å². The molecule has 0 aromatic carbocycles. The number of hydrogen-bond acceptors (Lipinski definition) is 3. The molecule has 2 nitrogen and oxygen atoms in total. The van der Waals surface area contributed by atoms with E-state index in [2.05, 4.69) is 30.7 Å². The Kier molecular flexibility index (Phi) is 2.16. The first kappa shape index (κ1) is 9.16. The fraction of sp³-hybridized carbons (Fsp3) is 0.700. The molecule has 2 rings (SSSR count). The van der Waals surface area contributed by atoms with Gasteiger partial charge in [-0.15, -0.1) is 11.3 Å². The molecule has 0 saturated heterocycles. The number of thiazole rings is 1. The number of fused-ring (bicyclic) bond motifs is 1. The smallest absolute Gasteiger partial charge is 0.0798 e. The zero-order chi connectivity index (χ0) is 9.47. The summed E-state index contributed by atoms with van der Waals surface area (Å²) in [4.78, 5) is 8.37. The standard InChI is InChI=1S/C10H16N2S/c1-4-12-6-8-9(13-7-11-8)5-10(12,2)3/h7H,4-6H2,1-3H3. The van der Waals surface area contributed by atoms with E-state index in [0.29, 0.717) is 5.54 Å². The molecular weight excluding hydrogens is 180 g/mol. The van der Waals surface area contributed by atoms with Gasteiger partial charge in [-0.1, -0.05) is 6.92 Å². The summed E-state index contributed by atoms with van der Waals surface area (Å²) in [5.41, 5.74) is 3.58. The Balaban J connectivity index is 2.31. The average Bonchev–Trinajstić information content (AvgIpc) is 2.47. The maximum absolute atomic E-state index is 4.40. The zero-order valence-corrected chi connectivity index (χ0v) is 9.32. The van der Waals surface area contributed by atoms with Gasteiger partial charge >= 0.3 is 0 Å². The largest absolute Gasteiger partial charge is 0.292 e. The normalized spacial score (nSPS) is 21.5. The van der Waals surface area contributed by atoms with Crippen molar-refractivity contribution in [3.63, 3.8) is 0 Å². The molecule has 1 aliphatic rings.